The minimum absolute atomic E-state index is 0.378. The highest BCUT2D eigenvalue weighted by Gasteiger charge is 2.04. The van der Waals surface area contributed by atoms with Crippen molar-refractivity contribution in [2.24, 2.45) is 0 Å². The molecule has 0 N–H and O–H groups in total. The molecule has 0 heterocycles. The van der Waals surface area contributed by atoms with Gasteiger partial charge >= 0.3 is 0 Å². The van der Waals surface area contributed by atoms with Gasteiger partial charge in [0.2, 0.25) is 0 Å². The number of sulfone groups is 1. The van der Waals surface area contributed by atoms with E-state index in [-0.39, 0.29) is 0 Å². The first-order valence-corrected chi connectivity index (χ1v) is 7.57. The smallest absolute Gasteiger partial charge is 0.175 e. The standard InChI is InChI=1S/C8H10O2S.C7H8/c1-7-3-5-8(6-4-7)11(2,9)10;1-7-5-3-2-4-6-7/h3-6H,1-2H3;2-6H,1H3. The molecule has 2 rings (SSSR count). The molecule has 0 amide bonds. The van der Waals surface area contributed by atoms with E-state index in [2.05, 4.69) is 19.1 Å². The molecule has 0 saturated heterocycles. The van der Waals surface area contributed by atoms with E-state index in [9.17, 15) is 8.42 Å². The van der Waals surface area contributed by atoms with Crippen LogP contribution in [0, 0.1) is 13.8 Å². The summed E-state index contributed by atoms with van der Waals surface area (Å²) in [5.74, 6) is 0. The predicted octanol–water partition coefficient (Wildman–Crippen LogP) is 3.39. The zero-order valence-electron chi connectivity index (χ0n) is 10.9. The van der Waals surface area contributed by atoms with Crippen LogP contribution in [0.4, 0.5) is 0 Å². The lowest BCUT2D eigenvalue weighted by molar-refractivity contribution is 0.602. The maximum absolute atomic E-state index is 10.9. The molecular formula is C15H18O2S. The van der Waals surface area contributed by atoms with E-state index in [1.54, 1.807) is 24.3 Å². The third-order valence-electron chi connectivity index (χ3n) is 2.39. The summed E-state index contributed by atoms with van der Waals surface area (Å²) in [6, 6.07) is 17.1. The highest BCUT2D eigenvalue weighted by Crippen LogP contribution is 2.08. The summed E-state index contributed by atoms with van der Waals surface area (Å²) in [5.41, 5.74) is 2.39. The SMILES string of the molecule is Cc1ccc(S(C)(=O)=O)cc1.Cc1ccccc1. The summed E-state index contributed by atoms with van der Waals surface area (Å²) in [4.78, 5) is 0.378. The topological polar surface area (TPSA) is 34.1 Å². The van der Waals surface area contributed by atoms with Crippen LogP contribution >= 0.6 is 0 Å². The van der Waals surface area contributed by atoms with E-state index in [0.717, 1.165) is 5.56 Å². The largest absolute Gasteiger partial charge is 0.224 e. The van der Waals surface area contributed by atoms with Gasteiger partial charge < -0.3 is 0 Å². The van der Waals surface area contributed by atoms with Gasteiger partial charge in [0, 0.05) is 6.26 Å². The van der Waals surface area contributed by atoms with Gasteiger partial charge in [-0.2, -0.15) is 0 Å². The summed E-state index contributed by atoms with van der Waals surface area (Å²) in [7, 11) is -3.02. The quantitative estimate of drug-likeness (QED) is 0.789. The van der Waals surface area contributed by atoms with Crippen molar-refractivity contribution in [3.05, 3.63) is 65.7 Å². The van der Waals surface area contributed by atoms with Crippen LogP contribution < -0.4 is 0 Å². The van der Waals surface area contributed by atoms with Crippen LogP contribution in [0.2, 0.25) is 0 Å². The molecule has 2 aromatic carbocycles. The van der Waals surface area contributed by atoms with Crippen molar-refractivity contribution in [3.63, 3.8) is 0 Å². The predicted molar refractivity (Wildman–Crippen MR) is 75.5 cm³/mol. The average Bonchev–Trinajstić information content (AvgIpc) is 2.30. The Morgan fingerprint density at radius 2 is 1.17 bits per heavy atom. The van der Waals surface area contributed by atoms with Crippen molar-refractivity contribution in [3.8, 4) is 0 Å². The molecule has 0 spiro atoms. The molecule has 0 saturated carbocycles. The summed E-state index contributed by atoms with van der Waals surface area (Å²) >= 11 is 0. The minimum Gasteiger partial charge on any atom is -0.224 e. The number of rotatable bonds is 1. The lowest BCUT2D eigenvalue weighted by Gasteiger charge is -1.96. The van der Waals surface area contributed by atoms with E-state index < -0.39 is 9.84 Å². The first kappa shape index (κ1) is 14.5. The Kier molecular flexibility index (Phi) is 5.10. The van der Waals surface area contributed by atoms with E-state index >= 15 is 0 Å². The zero-order valence-corrected chi connectivity index (χ0v) is 11.7. The molecule has 0 atom stereocenters. The van der Waals surface area contributed by atoms with Gasteiger partial charge in [0.05, 0.1) is 4.90 Å². The van der Waals surface area contributed by atoms with Crippen LogP contribution in [-0.2, 0) is 9.84 Å². The zero-order chi connectivity index (χ0) is 13.6. The first-order chi connectivity index (χ1) is 8.39. The molecule has 0 unspecified atom stereocenters. The van der Waals surface area contributed by atoms with Gasteiger partial charge in [0.1, 0.15) is 0 Å². The summed E-state index contributed by atoms with van der Waals surface area (Å²) in [5, 5.41) is 0. The van der Waals surface area contributed by atoms with E-state index in [0.29, 0.717) is 4.90 Å². The van der Waals surface area contributed by atoms with Gasteiger partial charge in [-0.25, -0.2) is 8.42 Å². The van der Waals surface area contributed by atoms with E-state index in [1.165, 1.54) is 11.8 Å². The van der Waals surface area contributed by atoms with Gasteiger partial charge in [-0.05, 0) is 26.0 Å². The number of aryl methyl sites for hydroxylation is 2. The van der Waals surface area contributed by atoms with Crippen LogP contribution in [-0.4, -0.2) is 14.7 Å². The number of hydrogen-bond acceptors (Lipinski definition) is 2. The Morgan fingerprint density at radius 1 is 0.722 bits per heavy atom. The fourth-order valence-corrected chi connectivity index (χ4v) is 1.95. The Hall–Kier alpha value is -1.61. The van der Waals surface area contributed by atoms with Crippen LogP contribution in [0.1, 0.15) is 11.1 Å². The van der Waals surface area contributed by atoms with Gasteiger partial charge in [0.15, 0.2) is 9.84 Å². The fraction of sp³-hybridized carbons (Fsp3) is 0.200. The second kappa shape index (κ2) is 6.36. The van der Waals surface area contributed by atoms with Crippen molar-refractivity contribution >= 4 is 9.84 Å². The molecule has 0 aromatic heterocycles. The summed E-state index contributed by atoms with van der Waals surface area (Å²) in [6.07, 6.45) is 1.21. The van der Waals surface area contributed by atoms with Crippen molar-refractivity contribution in [1.82, 2.24) is 0 Å². The van der Waals surface area contributed by atoms with E-state index in [1.807, 2.05) is 25.1 Å². The van der Waals surface area contributed by atoms with Gasteiger partial charge in [-0.15, -0.1) is 0 Å². The Morgan fingerprint density at radius 3 is 1.50 bits per heavy atom. The van der Waals surface area contributed by atoms with Crippen molar-refractivity contribution in [2.75, 3.05) is 6.26 Å². The molecule has 2 aromatic rings. The van der Waals surface area contributed by atoms with Crippen molar-refractivity contribution in [1.29, 1.82) is 0 Å². The second-order valence-corrected chi connectivity index (χ2v) is 6.26. The van der Waals surface area contributed by atoms with Crippen molar-refractivity contribution < 1.29 is 8.42 Å². The third-order valence-corrected chi connectivity index (χ3v) is 3.52. The molecule has 0 aliphatic carbocycles. The summed E-state index contributed by atoms with van der Waals surface area (Å²) in [6.45, 7) is 4.01. The first-order valence-electron chi connectivity index (χ1n) is 5.68. The van der Waals surface area contributed by atoms with E-state index in [4.69, 9.17) is 0 Å². The minimum atomic E-state index is -3.02. The van der Waals surface area contributed by atoms with Gasteiger partial charge in [-0.1, -0.05) is 53.6 Å². The van der Waals surface area contributed by atoms with Gasteiger partial charge in [0.25, 0.3) is 0 Å². The molecule has 3 heteroatoms. The monoisotopic (exact) mass is 262 g/mol. The van der Waals surface area contributed by atoms with Crippen LogP contribution in [0.5, 0.6) is 0 Å². The molecule has 2 nitrogen and oxygen atoms in total. The third kappa shape index (κ3) is 5.15. The molecule has 0 bridgehead atoms. The Labute approximate surface area is 109 Å². The molecule has 0 fully saturated rings. The molecular weight excluding hydrogens is 244 g/mol. The van der Waals surface area contributed by atoms with Crippen LogP contribution in [0.3, 0.4) is 0 Å². The van der Waals surface area contributed by atoms with Crippen LogP contribution in [0.15, 0.2) is 59.5 Å². The lowest BCUT2D eigenvalue weighted by atomic mass is 10.2. The maximum atomic E-state index is 10.9. The molecule has 0 radical (unpaired) electrons. The maximum Gasteiger partial charge on any atom is 0.175 e. The number of benzene rings is 2. The fourth-order valence-electron chi connectivity index (χ4n) is 1.32. The molecule has 0 aliphatic heterocycles. The molecule has 18 heavy (non-hydrogen) atoms. The summed E-state index contributed by atoms with van der Waals surface area (Å²) < 4.78 is 21.9. The Bertz CT molecular complexity index is 570. The Balaban J connectivity index is 0.000000199. The molecule has 0 aliphatic rings. The van der Waals surface area contributed by atoms with Gasteiger partial charge in [-0.3, -0.25) is 0 Å². The highest BCUT2D eigenvalue weighted by atomic mass is 32.2. The molecule has 96 valence electrons. The number of hydrogen-bond donors (Lipinski definition) is 0. The van der Waals surface area contributed by atoms with Crippen LogP contribution in [0.25, 0.3) is 0 Å². The lowest BCUT2D eigenvalue weighted by Crippen LogP contribution is -1.95. The second-order valence-electron chi connectivity index (χ2n) is 4.24. The normalized spacial score (nSPS) is 10.4. The highest BCUT2D eigenvalue weighted by molar-refractivity contribution is 7.90. The van der Waals surface area contributed by atoms with Crippen molar-refractivity contribution in [2.45, 2.75) is 18.7 Å². The average molecular weight is 262 g/mol.